The third kappa shape index (κ3) is 8.96. The molecule has 1 saturated carbocycles. The van der Waals surface area contributed by atoms with E-state index in [1.165, 1.54) is 25.0 Å². The number of nitrogens with one attached hydrogen (secondary N) is 2. The maximum absolute atomic E-state index is 12.0. The molecule has 3 atom stereocenters. The van der Waals surface area contributed by atoms with Crippen LogP contribution in [0.25, 0.3) is 0 Å². The highest BCUT2D eigenvalue weighted by atomic mass is 127. The number of rotatable bonds is 8. The van der Waals surface area contributed by atoms with Gasteiger partial charge in [-0.2, -0.15) is 11.8 Å². The summed E-state index contributed by atoms with van der Waals surface area (Å²) in [5, 5.41) is 7.25. The van der Waals surface area contributed by atoms with E-state index in [2.05, 4.69) is 21.9 Å². The van der Waals surface area contributed by atoms with Gasteiger partial charge < -0.3 is 10.6 Å². The van der Waals surface area contributed by atoms with Gasteiger partial charge in [0, 0.05) is 41.4 Å². The lowest BCUT2D eigenvalue weighted by Crippen LogP contribution is -2.46. The molecule has 0 radical (unpaired) electrons. The number of guanidine groups is 1. The van der Waals surface area contributed by atoms with Gasteiger partial charge >= 0.3 is 0 Å². The smallest absolute Gasteiger partial charge is 0.191 e. The zero-order valence-corrected chi connectivity index (χ0v) is 18.1. The minimum absolute atomic E-state index is 0. The lowest BCUT2D eigenvalue weighted by molar-refractivity contribution is 0.413. The van der Waals surface area contributed by atoms with Crippen LogP contribution in [-0.2, 0) is 10.8 Å². The van der Waals surface area contributed by atoms with Crippen LogP contribution >= 0.6 is 35.7 Å². The number of unbranched alkanes of at least 4 members (excludes halogenated alkanes) is 1. The van der Waals surface area contributed by atoms with Crippen LogP contribution in [0.1, 0.15) is 45.4 Å². The molecule has 1 aliphatic carbocycles. The second kappa shape index (κ2) is 13.9. The topological polar surface area (TPSA) is 53.5 Å². The summed E-state index contributed by atoms with van der Waals surface area (Å²) in [4.78, 5) is 4.30. The van der Waals surface area contributed by atoms with Crippen molar-refractivity contribution in [3.05, 3.63) is 0 Å². The summed E-state index contributed by atoms with van der Waals surface area (Å²) in [6.45, 7) is 2.99. The second-order valence-corrected chi connectivity index (χ2v) is 8.49. The normalized spacial score (nSPS) is 23.5. The van der Waals surface area contributed by atoms with Crippen LogP contribution in [0.5, 0.6) is 0 Å². The zero-order valence-electron chi connectivity index (χ0n) is 14.1. The number of hydrogen-bond acceptors (Lipinski definition) is 3. The molecule has 7 heteroatoms. The van der Waals surface area contributed by atoms with Gasteiger partial charge in [0.05, 0.1) is 0 Å². The Morgan fingerprint density at radius 3 is 2.77 bits per heavy atom. The lowest BCUT2D eigenvalue weighted by Gasteiger charge is -2.30. The van der Waals surface area contributed by atoms with Gasteiger partial charge in [0.15, 0.2) is 5.96 Å². The van der Waals surface area contributed by atoms with Crippen molar-refractivity contribution in [2.24, 2.45) is 4.99 Å². The van der Waals surface area contributed by atoms with E-state index in [-0.39, 0.29) is 24.0 Å². The molecule has 0 aromatic heterocycles. The fraction of sp³-hybridized carbons (Fsp3) is 0.933. The Morgan fingerprint density at radius 1 is 1.36 bits per heavy atom. The number of aliphatic imine (C=N–C) groups is 1. The predicted octanol–water partition coefficient (Wildman–Crippen LogP) is 2.99. The zero-order chi connectivity index (χ0) is 15.5. The first-order chi connectivity index (χ1) is 10.2. The van der Waals surface area contributed by atoms with Crippen molar-refractivity contribution in [1.29, 1.82) is 0 Å². The quantitative estimate of drug-likeness (QED) is 0.253. The molecule has 1 aliphatic rings. The van der Waals surface area contributed by atoms with Crippen LogP contribution in [-0.4, -0.2) is 52.8 Å². The third-order valence-electron chi connectivity index (χ3n) is 3.91. The van der Waals surface area contributed by atoms with Crippen molar-refractivity contribution >= 4 is 52.5 Å². The number of hydrogen-bond donors (Lipinski definition) is 2. The molecule has 0 spiro atoms. The fourth-order valence-corrected chi connectivity index (χ4v) is 4.56. The number of thioether (sulfide) groups is 1. The van der Waals surface area contributed by atoms with E-state index in [9.17, 15) is 4.21 Å². The SMILES string of the molecule is CCS(=O)C1CCCC(NC(=NC)NCCCCSC)C1.I. The summed E-state index contributed by atoms with van der Waals surface area (Å²) in [7, 11) is 1.16. The summed E-state index contributed by atoms with van der Waals surface area (Å²) in [5.74, 6) is 2.90. The molecule has 0 amide bonds. The van der Waals surface area contributed by atoms with Gasteiger partial charge in [-0.3, -0.25) is 9.20 Å². The van der Waals surface area contributed by atoms with Gasteiger partial charge in [-0.25, -0.2) is 0 Å². The Labute approximate surface area is 159 Å². The highest BCUT2D eigenvalue weighted by Crippen LogP contribution is 2.22. The van der Waals surface area contributed by atoms with E-state index in [1.54, 1.807) is 0 Å². The van der Waals surface area contributed by atoms with Crippen molar-refractivity contribution in [1.82, 2.24) is 10.6 Å². The highest BCUT2D eigenvalue weighted by Gasteiger charge is 2.25. The molecule has 1 rings (SSSR count). The molecule has 1 fully saturated rings. The fourth-order valence-electron chi connectivity index (χ4n) is 2.72. The molecular weight excluding hydrogens is 429 g/mol. The van der Waals surface area contributed by atoms with E-state index in [0.717, 1.165) is 37.5 Å². The molecule has 3 unspecified atom stereocenters. The van der Waals surface area contributed by atoms with Gasteiger partial charge in [-0.05, 0) is 44.1 Å². The van der Waals surface area contributed by atoms with Gasteiger partial charge in [0.25, 0.3) is 0 Å². The highest BCUT2D eigenvalue weighted by molar-refractivity contribution is 14.0. The van der Waals surface area contributed by atoms with Crippen molar-refractivity contribution in [3.63, 3.8) is 0 Å². The molecule has 2 N–H and O–H groups in total. The molecule has 0 aromatic rings. The van der Waals surface area contributed by atoms with Crippen molar-refractivity contribution in [2.45, 2.75) is 56.7 Å². The Kier molecular flexibility index (Phi) is 14.2. The van der Waals surface area contributed by atoms with Crippen LogP contribution < -0.4 is 10.6 Å². The van der Waals surface area contributed by atoms with Crippen LogP contribution in [0.4, 0.5) is 0 Å². The molecule has 0 saturated heterocycles. The first-order valence-corrected chi connectivity index (χ1v) is 10.8. The van der Waals surface area contributed by atoms with Crippen molar-refractivity contribution in [2.75, 3.05) is 31.4 Å². The van der Waals surface area contributed by atoms with Gasteiger partial charge in [-0.15, -0.1) is 24.0 Å². The molecule has 0 bridgehead atoms. The summed E-state index contributed by atoms with van der Waals surface area (Å²) in [6, 6.07) is 0.414. The van der Waals surface area contributed by atoms with E-state index in [0.29, 0.717) is 11.3 Å². The van der Waals surface area contributed by atoms with Gasteiger partial charge in [0.1, 0.15) is 0 Å². The van der Waals surface area contributed by atoms with E-state index in [4.69, 9.17) is 0 Å². The minimum Gasteiger partial charge on any atom is -0.356 e. The maximum atomic E-state index is 12.0. The molecule has 0 heterocycles. The maximum Gasteiger partial charge on any atom is 0.191 e. The van der Waals surface area contributed by atoms with Crippen LogP contribution in [0, 0.1) is 0 Å². The molecular formula is C15H32IN3OS2. The minimum atomic E-state index is -0.663. The largest absolute Gasteiger partial charge is 0.356 e. The Balaban J connectivity index is 0.00000441. The van der Waals surface area contributed by atoms with Crippen molar-refractivity contribution in [3.8, 4) is 0 Å². The Bertz CT molecular complexity index is 343. The monoisotopic (exact) mass is 461 g/mol. The molecule has 22 heavy (non-hydrogen) atoms. The number of nitrogens with zero attached hydrogens (tertiary/aromatic N) is 1. The standard InChI is InChI=1S/C15H31N3OS2.HI/c1-4-21(19)14-9-7-8-13(12-14)18-15(16-2)17-10-5-6-11-20-3;/h13-14H,4-12H2,1-3H3,(H2,16,17,18);1H. The number of halogens is 1. The van der Waals surface area contributed by atoms with E-state index >= 15 is 0 Å². The van der Waals surface area contributed by atoms with Crippen LogP contribution in [0.3, 0.4) is 0 Å². The average molecular weight is 461 g/mol. The summed E-state index contributed by atoms with van der Waals surface area (Å²) in [5.41, 5.74) is 0. The predicted molar refractivity (Wildman–Crippen MR) is 112 cm³/mol. The van der Waals surface area contributed by atoms with Crippen LogP contribution in [0.15, 0.2) is 4.99 Å². The van der Waals surface area contributed by atoms with Gasteiger partial charge in [-0.1, -0.05) is 13.3 Å². The lowest BCUT2D eigenvalue weighted by atomic mass is 9.95. The van der Waals surface area contributed by atoms with E-state index < -0.39 is 10.8 Å². The van der Waals surface area contributed by atoms with E-state index in [1.807, 2.05) is 25.7 Å². The van der Waals surface area contributed by atoms with Crippen LogP contribution in [0.2, 0.25) is 0 Å². The third-order valence-corrected chi connectivity index (χ3v) is 6.35. The summed E-state index contributed by atoms with van der Waals surface area (Å²) in [6.07, 6.45) is 9.00. The van der Waals surface area contributed by atoms with Gasteiger partial charge in [0.2, 0.25) is 0 Å². The summed E-state index contributed by atoms with van der Waals surface area (Å²) < 4.78 is 12.0. The average Bonchev–Trinajstić information content (AvgIpc) is 2.53. The Hall–Kier alpha value is 0.500. The first kappa shape index (κ1) is 22.5. The molecule has 4 nitrogen and oxygen atoms in total. The molecule has 0 aromatic carbocycles. The Morgan fingerprint density at radius 2 is 2.14 bits per heavy atom. The second-order valence-electron chi connectivity index (χ2n) is 5.50. The molecule has 0 aliphatic heterocycles. The molecule has 132 valence electrons. The first-order valence-electron chi connectivity index (χ1n) is 8.04. The summed E-state index contributed by atoms with van der Waals surface area (Å²) >= 11 is 1.90. The van der Waals surface area contributed by atoms with Crippen molar-refractivity contribution < 1.29 is 4.21 Å².